The number of carbonyl (C=O) groups is 1. The van der Waals surface area contributed by atoms with Crippen molar-refractivity contribution in [1.82, 2.24) is 9.80 Å². The number of phenols is 1. The Morgan fingerprint density at radius 2 is 1.84 bits per heavy atom. The minimum absolute atomic E-state index is 0.0184. The molecule has 31 heavy (non-hydrogen) atoms. The molecule has 0 aliphatic carbocycles. The van der Waals surface area contributed by atoms with Gasteiger partial charge in [0.15, 0.2) is 0 Å². The van der Waals surface area contributed by atoms with Crippen LogP contribution in [0, 0.1) is 5.92 Å². The van der Waals surface area contributed by atoms with Gasteiger partial charge in [-0.15, -0.1) is 0 Å². The molecule has 6 heteroatoms. The summed E-state index contributed by atoms with van der Waals surface area (Å²) in [4.78, 5) is 17.3. The Morgan fingerprint density at radius 1 is 1.10 bits per heavy atom. The van der Waals surface area contributed by atoms with Gasteiger partial charge < -0.3 is 15.3 Å². The third kappa shape index (κ3) is 5.60. The van der Waals surface area contributed by atoms with E-state index in [0.29, 0.717) is 11.6 Å². The predicted octanol–water partition coefficient (Wildman–Crippen LogP) is 4.70. The molecular weight excluding hydrogens is 410 g/mol. The summed E-state index contributed by atoms with van der Waals surface area (Å²) in [5.74, 6) is 0.777. The molecule has 2 N–H and O–H groups in total. The van der Waals surface area contributed by atoms with Gasteiger partial charge in [0.1, 0.15) is 5.75 Å². The average molecular weight is 440 g/mol. The molecule has 2 aliphatic heterocycles. The monoisotopic (exact) mass is 439 g/mol. The van der Waals surface area contributed by atoms with Crippen molar-refractivity contribution in [2.75, 3.05) is 38.0 Å². The number of halogens is 1. The van der Waals surface area contributed by atoms with Gasteiger partial charge in [-0.3, -0.25) is 9.69 Å². The minimum Gasteiger partial charge on any atom is -0.508 e. The summed E-state index contributed by atoms with van der Waals surface area (Å²) in [6, 6.07) is 14.8. The van der Waals surface area contributed by atoms with E-state index in [2.05, 4.69) is 33.8 Å². The molecule has 4 rings (SSSR count). The molecule has 2 saturated heterocycles. The summed E-state index contributed by atoms with van der Waals surface area (Å²) in [6.45, 7) is 8.83. The number of rotatable bonds is 6. The Morgan fingerprint density at radius 3 is 2.55 bits per heavy atom. The van der Waals surface area contributed by atoms with Gasteiger partial charge in [0, 0.05) is 42.6 Å². The van der Waals surface area contributed by atoms with Crippen LogP contribution in [0.5, 0.6) is 5.75 Å². The molecule has 5 nitrogen and oxygen atoms in total. The van der Waals surface area contributed by atoms with Gasteiger partial charge in [-0.1, -0.05) is 30.3 Å². The highest BCUT2D eigenvalue weighted by Crippen LogP contribution is 2.31. The van der Waals surface area contributed by atoms with E-state index < -0.39 is 0 Å². The molecule has 0 bridgehead atoms. The molecule has 1 amide bonds. The molecule has 0 aromatic heterocycles. The van der Waals surface area contributed by atoms with E-state index in [9.17, 15) is 9.90 Å². The first kappa shape index (κ1) is 21.7. The third-order valence-corrected chi connectivity index (χ3v) is 6.68. The zero-order valence-electron chi connectivity index (χ0n) is 17.8. The second kappa shape index (κ2) is 9.75. The zero-order chi connectivity index (χ0) is 21.8. The number of aromatic hydroxyl groups is 1. The fraction of sp³-hybridized carbons (Fsp3) is 0.400. The summed E-state index contributed by atoms with van der Waals surface area (Å²) >= 11 is 6.16. The number of hydrogen-bond acceptors (Lipinski definition) is 4. The number of benzene rings is 2. The van der Waals surface area contributed by atoms with Crippen LogP contribution in [0.4, 0.5) is 5.69 Å². The highest BCUT2D eigenvalue weighted by molar-refractivity contribution is 6.30. The molecule has 1 atom stereocenters. The highest BCUT2D eigenvalue weighted by Gasteiger charge is 2.30. The fourth-order valence-corrected chi connectivity index (χ4v) is 4.83. The molecule has 164 valence electrons. The number of anilines is 1. The normalized spacial score (nSPS) is 20.0. The van der Waals surface area contributed by atoms with Crippen molar-refractivity contribution >= 4 is 23.2 Å². The first-order valence-electron chi connectivity index (χ1n) is 11.0. The third-order valence-electron chi connectivity index (χ3n) is 6.45. The first-order valence-corrected chi connectivity index (χ1v) is 11.4. The fourth-order valence-electron chi connectivity index (χ4n) is 4.63. The molecular formula is C25H30ClN3O2. The zero-order valence-corrected chi connectivity index (χ0v) is 18.5. The Bertz CT molecular complexity index is 923. The number of amides is 1. The van der Waals surface area contributed by atoms with Crippen LogP contribution in [0.2, 0.25) is 5.02 Å². The summed E-state index contributed by atoms with van der Waals surface area (Å²) in [6.07, 6.45) is 3.07. The van der Waals surface area contributed by atoms with Crippen LogP contribution in [0.25, 0.3) is 0 Å². The summed E-state index contributed by atoms with van der Waals surface area (Å²) in [5.41, 5.74) is 3.19. The Balaban J connectivity index is 1.22. The lowest BCUT2D eigenvalue weighted by atomic mass is 9.89. The number of hydrogen-bond donors (Lipinski definition) is 2. The molecule has 2 heterocycles. The molecule has 2 aromatic rings. The molecule has 1 unspecified atom stereocenters. The van der Waals surface area contributed by atoms with Gasteiger partial charge in [0.05, 0.1) is 5.92 Å². The quantitative estimate of drug-likeness (QED) is 0.640. The van der Waals surface area contributed by atoms with E-state index in [0.717, 1.165) is 62.7 Å². The van der Waals surface area contributed by atoms with Crippen LogP contribution in [-0.2, 0) is 4.79 Å². The average Bonchev–Trinajstić information content (AvgIpc) is 3.24. The van der Waals surface area contributed by atoms with E-state index >= 15 is 0 Å². The van der Waals surface area contributed by atoms with Crippen LogP contribution >= 0.6 is 11.6 Å². The van der Waals surface area contributed by atoms with Crippen molar-refractivity contribution in [2.24, 2.45) is 5.92 Å². The van der Waals surface area contributed by atoms with Crippen molar-refractivity contribution in [1.29, 1.82) is 0 Å². The number of piperidine rings is 1. The van der Waals surface area contributed by atoms with Gasteiger partial charge in [0.25, 0.3) is 0 Å². The summed E-state index contributed by atoms with van der Waals surface area (Å²) < 4.78 is 0. The molecule has 2 fully saturated rings. The van der Waals surface area contributed by atoms with Gasteiger partial charge in [-0.05, 0) is 73.7 Å². The largest absolute Gasteiger partial charge is 0.508 e. The standard InChI is InChI=1S/C25H30ClN3O2/c1-18(29-13-10-19(11-14-29)20-3-2-4-22(26)15-20)16-28-12-9-21(17-28)25(31)27-23-5-7-24(30)8-6-23/h2-8,15,19,21,30H,1,9-14,16-17H2,(H,27,31). The van der Waals surface area contributed by atoms with E-state index in [1.807, 2.05) is 12.1 Å². The Kier molecular flexibility index (Phi) is 6.83. The van der Waals surface area contributed by atoms with Crippen LogP contribution in [-0.4, -0.2) is 53.5 Å². The van der Waals surface area contributed by atoms with Gasteiger partial charge in [-0.25, -0.2) is 0 Å². The van der Waals surface area contributed by atoms with Gasteiger partial charge in [0.2, 0.25) is 5.91 Å². The SMILES string of the molecule is C=C(CN1CCC(C(=O)Nc2ccc(O)cc2)C1)N1CCC(c2cccc(Cl)c2)CC1. The van der Waals surface area contributed by atoms with Crippen molar-refractivity contribution < 1.29 is 9.90 Å². The second-order valence-electron chi connectivity index (χ2n) is 8.64. The van der Waals surface area contributed by atoms with Crippen LogP contribution in [0.1, 0.15) is 30.7 Å². The number of nitrogens with zero attached hydrogens (tertiary/aromatic N) is 2. The van der Waals surface area contributed by atoms with Crippen molar-refractivity contribution in [3.63, 3.8) is 0 Å². The van der Waals surface area contributed by atoms with Crippen LogP contribution in [0.15, 0.2) is 60.8 Å². The number of nitrogens with one attached hydrogen (secondary N) is 1. The molecule has 2 aromatic carbocycles. The second-order valence-corrected chi connectivity index (χ2v) is 9.08. The molecule has 0 radical (unpaired) electrons. The maximum Gasteiger partial charge on any atom is 0.228 e. The highest BCUT2D eigenvalue weighted by atomic mass is 35.5. The minimum atomic E-state index is -0.0184. The van der Waals surface area contributed by atoms with E-state index in [1.165, 1.54) is 5.56 Å². The first-order chi connectivity index (χ1) is 15.0. The van der Waals surface area contributed by atoms with Gasteiger partial charge in [-0.2, -0.15) is 0 Å². The Hall–Kier alpha value is -2.50. The molecule has 2 aliphatic rings. The van der Waals surface area contributed by atoms with Crippen LogP contribution in [0.3, 0.4) is 0 Å². The smallest absolute Gasteiger partial charge is 0.228 e. The number of likely N-dealkylation sites (tertiary alicyclic amines) is 2. The summed E-state index contributed by atoms with van der Waals surface area (Å²) in [7, 11) is 0. The van der Waals surface area contributed by atoms with Crippen molar-refractivity contribution in [3.8, 4) is 5.75 Å². The number of phenolic OH excluding ortho intramolecular Hbond substituents is 1. The van der Waals surface area contributed by atoms with E-state index in [4.69, 9.17) is 11.6 Å². The Labute approximate surface area is 189 Å². The number of carbonyl (C=O) groups excluding carboxylic acids is 1. The van der Waals surface area contributed by atoms with Crippen molar-refractivity contribution in [3.05, 3.63) is 71.4 Å². The van der Waals surface area contributed by atoms with E-state index in [1.54, 1.807) is 24.3 Å². The maximum absolute atomic E-state index is 12.6. The van der Waals surface area contributed by atoms with Gasteiger partial charge >= 0.3 is 0 Å². The maximum atomic E-state index is 12.6. The predicted molar refractivity (Wildman–Crippen MR) is 125 cm³/mol. The van der Waals surface area contributed by atoms with Crippen molar-refractivity contribution in [2.45, 2.75) is 25.2 Å². The molecule has 0 saturated carbocycles. The molecule has 0 spiro atoms. The topological polar surface area (TPSA) is 55.8 Å². The summed E-state index contributed by atoms with van der Waals surface area (Å²) in [5, 5.41) is 13.1. The van der Waals surface area contributed by atoms with E-state index in [-0.39, 0.29) is 17.6 Å². The lowest BCUT2D eigenvalue weighted by Gasteiger charge is -2.36. The van der Waals surface area contributed by atoms with Crippen LogP contribution < -0.4 is 5.32 Å². The lowest BCUT2D eigenvalue weighted by Crippen LogP contribution is -2.37. The lowest BCUT2D eigenvalue weighted by molar-refractivity contribution is -0.119.